The highest BCUT2D eigenvalue weighted by atomic mass is 14.2. The van der Waals surface area contributed by atoms with Crippen LogP contribution in [-0.2, 0) is 0 Å². The lowest BCUT2D eigenvalue weighted by molar-refractivity contribution is 0.365. The van der Waals surface area contributed by atoms with Crippen molar-refractivity contribution in [3.8, 4) is 0 Å². The van der Waals surface area contributed by atoms with Gasteiger partial charge >= 0.3 is 0 Å². The molecule has 0 aliphatic heterocycles. The fourth-order valence-corrected chi connectivity index (χ4v) is 1.90. The molecule has 0 saturated carbocycles. The van der Waals surface area contributed by atoms with Crippen LogP contribution in [0.25, 0.3) is 0 Å². The summed E-state index contributed by atoms with van der Waals surface area (Å²) >= 11 is 0. The van der Waals surface area contributed by atoms with Gasteiger partial charge in [-0.3, -0.25) is 0 Å². The standard InChI is InChI=1S/C13H26/c1-5-8-9-11-12(4)13(7-3)10-6-2/h7,12-13H,3,5-6,8-11H2,1-2,4H3. The Bertz CT molecular complexity index is 115. The van der Waals surface area contributed by atoms with Crippen molar-refractivity contribution in [1.29, 1.82) is 0 Å². The third-order valence-corrected chi connectivity index (χ3v) is 2.92. The first-order valence-electron chi connectivity index (χ1n) is 5.88. The van der Waals surface area contributed by atoms with Crippen molar-refractivity contribution in [2.45, 2.75) is 59.3 Å². The Morgan fingerprint density at radius 1 is 1.08 bits per heavy atom. The Kier molecular flexibility index (Phi) is 8.18. The van der Waals surface area contributed by atoms with Crippen LogP contribution >= 0.6 is 0 Å². The van der Waals surface area contributed by atoms with Gasteiger partial charge in [-0.15, -0.1) is 6.58 Å². The SMILES string of the molecule is C=CC(CCC)C(C)CCCCC. The maximum Gasteiger partial charge on any atom is -0.0211 e. The van der Waals surface area contributed by atoms with Crippen LogP contribution in [0, 0.1) is 11.8 Å². The zero-order valence-corrected chi connectivity index (χ0v) is 9.68. The molecule has 0 amide bonds. The highest BCUT2D eigenvalue weighted by Crippen LogP contribution is 2.23. The zero-order valence-electron chi connectivity index (χ0n) is 9.68. The van der Waals surface area contributed by atoms with E-state index in [1.54, 1.807) is 0 Å². The van der Waals surface area contributed by atoms with Crippen LogP contribution in [0.1, 0.15) is 59.3 Å². The van der Waals surface area contributed by atoms with Gasteiger partial charge in [-0.2, -0.15) is 0 Å². The molecule has 13 heavy (non-hydrogen) atoms. The van der Waals surface area contributed by atoms with Gasteiger partial charge in [0.05, 0.1) is 0 Å². The zero-order chi connectivity index (χ0) is 10.1. The van der Waals surface area contributed by atoms with E-state index in [-0.39, 0.29) is 0 Å². The van der Waals surface area contributed by atoms with Gasteiger partial charge in [0.15, 0.2) is 0 Å². The first-order chi connectivity index (χ1) is 6.26. The summed E-state index contributed by atoms with van der Waals surface area (Å²) < 4.78 is 0. The van der Waals surface area contributed by atoms with E-state index in [0.717, 1.165) is 11.8 Å². The van der Waals surface area contributed by atoms with Crippen LogP contribution in [0.2, 0.25) is 0 Å². The van der Waals surface area contributed by atoms with Crippen LogP contribution in [0.5, 0.6) is 0 Å². The minimum atomic E-state index is 0.752. The molecule has 78 valence electrons. The first-order valence-corrected chi connectivity index (χ1v) is 5.88. The predicted molar refractivity (Wildman–Crippen MR) is 61.9 cm³/mol. The Balaban J connectivity index is 3.63. The third-order valence-electron chi connectivity index (χ3n) is 2.92. The van der Waals surface area contributed by atoms with Gasteiger partial charge in [0.1, 0.15) is 0 Å². The van der Waals surface area contributed by atoms with Gasteiger partial charge in [-0.1, -0.05) is 59.0 Å². The van der Waals surface area contributed by atoms with Crippen molar-refractivity contribution in [1.82, 2.24) is 0 Å². The molecule has 0 saturated heterocycles. The molecule has 0 fully saturated rings. The van der Waals surface area contributed by atoms with Crippen molar-refractivity contribution < 1.29 is 0 Å². The summed E-state index contributed by atoms with van der Waals surface area (Å²) in [4.78, 5) is 0. The van der Waals surface area contributed by atoms with Crippen LogP contribution in [-0.4, -0.2) is 0 Å². The van der Waals surface area contributed by atoms with E-state index in [2.05, 4.69) is 33.4 Å². The maximum absolute atomic E-state index is 3.93. The molecule has 0 radical (unpaired) electrons. The lowest BCUT2D eigenvalue weighted by atomic mass is 9.86. The average molecular weight is 182 g/mol. The van der Waals surface area contributed by atoms with Crippen LogP contribution in [0.15, 0.2) is 12.7 Å². The predicted octanol–water partition coefficient (Wildman–Crippen LogP) is 4.81. The molecule has 0 aromatic heterocycles. The van der Waals surface area contributed by atoms with Crippen molar-refractivity contribution in [2.24, 2.45) is 11.8 Å². The highest BCUT2D eigenvalue weighted by molar-refractivity contribution is 4.82. The van der Waals surface area contributed by atoms with Crippen molar-refractivity contribution in [3.63, 3.8) is 0 Å². The molecule has 0 aromatic carbocycles. The largest absolute Gasteiger partial charge is 0.103 e. The van der Waals surface area contributed by atoms with Gasteiger partial charge in [0.2, 0.25) is 0 Å². The second kappa shape index (κ2) is 8.34. The molecule has 0 aromatic rings. The fraction of sp³-hybridized carbons (Fsp3) is 0.846. The molecule has 0 rings (SSSR count). The van der Waals surface area contributed by atoms with Crippen LogP contribution in [0.4, 0.5) is 0 Å². The molecule has 2 unspecified atom stereocenters. The molecule has 0 aliphatic rings. The second-order valence-electron chi connectivity index (χ2n) is 4.16. The minimum Gasteiger partial charge on any atom is -0.103 e. The molecule has 0 spiro atoms. The minimum absolute atomic E-state index is 0.752. The normalized spacial score (nSPS) is 15.3. The third kappa shape index (κ3) is 5.90. The molecular formula is C13H26. The number of hydrogen-bond donors (Lipinski definition) is 0. The molecular weight excluding hydrogens is 156 g/mol. The summed E-state index contributed by atoms with van der Waals surface area (Å²) in [6.45, 7) is 10.8. The van der Waals surface area contributed by atoms with Gasteiger partial charge in [-0.25, -0.2) is 0 Å². The molecule has 0 heterocycles. The Hall–Kier alpha value is -0.260. The maximum atomic E-state index is 3.93. The van der Waals surface area contributed by atoms with Crippen LogP contribution < -0.4 is 0 Å². The van der Waals surface area contributed by atoms with Crippen molar-refractivity contribution in [2.75, 3.05) is 0 Å². The quantitative estimate of drug-likeness (QED) is 0.373. The molecule has 0 nitrogen and oxygen atoms in total. The molecule has 0 bridgehead atoms. The van der Waals surface area contributed by atoms with E-state index in [1.807, 2.05) is 0 Å². The van der Waals surface area contributed by atoms with Crippen LogP contribution in [0.3, 0.4) is 0 Å². The van der Waals surface area contributed by atoms with Crippen molar-refractivity contribution >= 4 is 0 Å². The summed E-state index contributed by atoms with van der Waals surface area (Å²) in [6, 6.07) is 0. The highest BCUT2D eigenvalue weighted by Gasteiger charge is 2.11. The van der Waals surface area contributed by atoms with E-state index in [9.17, 15) is 0 Å². The van der Waals surface area contributed by atoms with E-state index in [4.69, 9.17) is 0 Å². The number of unbranched alkanes of at least 4 members (excludes halogenated alkanes) is 2. The second-order valence-corrected chi connectivity index (χ2v) is 4.16. The van der Waals surface area contributed by atoms with Gasteiger partial charge in [-0.05, 0) is 18.3 Å². The monoisotopic (exact) mass is 182 g/mol. The number of rotatable bonds is 8. The van der Waals surface area contributed by atoms with E-state index in [1.165, 1.54) is 38.5 Å². The fourth-order valence-electron chi connectivity index (χ4n) is 1.90. The smallest absolute Gasteiger partial charge is 0.0211 e. The number of allylic oxidation sites excluding steroid dienone is 1. The Morgan fingerprint density at radius 2 is 1.77 bits per heavy atom. The topological polar surface area (TPSA) is 0 Å². The molecule has 2 atom stereocenters. The van der Waals surface area contributed by atoms with E-state index in [0.29, 0.717) is 0 Å². The molecule has 0 aliphatic carbocycles. The summed E-state index contributed by atoms with van der Waals surface area (Å²) in [5, 5.41) is 0. The van der Waals surface area contributed by atoms with E-state index < -0.39 is 0 Å². The molecule has 0 N–H and O–H groups in total. The lowest BCUT2D eigenvalue weighted by Gasteiger charge is -2.19. The van der Waals surface area contributed by atoms with Gasteiger partial charge in [0.25, 0.3) is 0 Å². The summed E-state index contributed by atoms with van der Waals surface area (Å²) in [5.41, 5.74) is 0. The molecule has 0 heteroatoms. The summed E-state index contributed by atoms with van der Waals surface area (Å²) in [7, 11) is 0. The van der Waals surface area contributed by atoms with Crippen molar-refractivity contribution in [3.05, 3.63) is 12.7 Å². The summed E-state index contributed by atoms with van der Waals surface area (Å²) in [5.74, 6) is 1.59. The average Bonchev–Trinajstić information content (AvgIpc) is 2.14. The van der Waals surface area contributed by atoms with Gasteiger partial charge in [0, 0.05) is 0 Å². The first kappa shape index (κ1) is 12.7. The summed E-state index contributed by atoms with van der Waals surface area (Å²) in [6.07, 6.45) is 10.3. The van der Waals surface area contributed by atoms with E-state index >= 15 is 0 Å². The Labute approximate surface area is 84.4 Å². The van der Waals surface area contributed by atoms with Gasteiger partial charge < -0.3 is 0 Å². The lowest BCUT2D eigenvalue weighted by Crippen LogP contribution is -2.08. The Morgan fingerprint density at radius 3 is 2.23 bits per heavy atom. The number of hydrogen-bond acceptors (Lipinski definition) is 0.